The van der Waals surface area contributed by atoms with Gasteiger partial charge in [-0.1, -0.05) is 163 Å². The molecule has 0 aliphatic carbocycles. The largest absolute Gasteiger partial charge is 0.456 e. The number of rotatable bonds is 6. The summed E-state index contributed by atoms with van der Waals surface area (Å²) in [6.45, 7) is 17.8. The molecule has 3 heterocycles. The predicted molar refractivity (Wildman–Crippen MR) is 282 cm³/mol. The molecular weight excluding hydrogens is 821 g/mol. The molecule has 0 saturated carbocycles. The summed E-state index contributed by atoms with van der Waals surface area (Å²) in [6, 6.07) is 60.8. The third-order valence-corrected chi connectivity index (χ3v) is 13.8. The summed E-state index contributed by atoms with van der Waals surface area (Å²) in [7, 11) is 0. The molecule has 0 amide bonds. The maximum Gasteiger partial charge on any atom is 0.159 e. The van der Waals surface area contributed by atoms with Gasteiger partial charge in [-0.2, -0.15) is 0 Å². The summed E-state index contributed by atoms with van der Waals surface area (Å²) in [5, 5.41) is 8.74. The Hall–Kier alpha value is -7.76. The topological polar surface area (TPSA) is 45.9 Å². The summed E-state index contributed by atoms with van der Waals surface area (Å²) in [6.07, 6.45) is 0. The van der Waals surface area contributed by atoms with E-state index in [9.17, 15) is 0 Å². The lowest BCUT2D eigenvalue weighted by atomic mass is 9.86. The third-order valence-electron chi connectivity index (χ3n) is 13.8. The molecule has 12 rings (SSSR count). The van der Waals surface area contributed by atoms with Crippen LogP contribution in [0.1, 0.15) is 63.8 Å². The van der Waals surface area contributed by atoms with Gasteiger partial charge in [0.15, 0.2) is 11.2 Å². The molecule has 0 fully saturated rings. The lowest BCUT2D eigenvalue weighted by molar-refractivity contribution is 0.572. The van der Waals surface area contributed by atoms with E-state index >= 15 is 0 Å². The van der Waals surface area contributed by atoms with Gasteiger partial charge < -0.3 is 23.1 Å². The fourth-order valence-corrected chi connectivity index (χ4v) is 10.5. The first-order valence-corrected chi connectivity index (χ1v) is 23.3. The maximum atomic E-state index is 7.06. The summed E-state index contributed by atoms with van der Waals surface area (Å²) in [5.41, 5.74) is 15.8. The first-order valence-electron chi connectivity index (χ1n) is 23.3. The van der Waals surface area contributed by atoms with E-state index in [1.54, 1.807) is 0 Å². The van der Waals surface area contributed by atoms with Crippen molar-refractivity contribution < 1.29 is 13.3 Å². The number of aryl methyl sites for hydroxylation is 2. The van der Waals surface area contributed by atoms with E-state index in [0.717, 1.165) is 122 Å². The third kappa shape index (κ3) is 6.36. The Morgan fingerprint density at radius 1 is 0.328 bits per heavy atom. The quantitative estimate of drug-likeness (QED) is 0.167. The van der Waals surface area contributed by atoms with E-state index in [1.165, 1.54) is 11.1 Å². The number of fused-ring (bicyclic) bond motifs is 11. The number of para-hydroxylation sites is 6. The lowest BCUT2D eigenvalue weighted by Crippen LogP contribution is -2.12. The molecule has 5 heteroatoms. The fraction of sp³-hybridized carbons (Fsp3) is 0.161. The minimum absolute atomic E-state index is 0.0901. The summed E-state index contributed by atoms with van der Waals surface area (Å²) < 4.78 is 21.1. The van der Waals surface area contributed by atoms with Crippen molar-refractivity contribution in [2.24, 2.45) is 0 Å². The zero-order chi connectivity index (χ0) is 45.9. The number of furan rings is 3. The van der Waals surface area contributed by atoms with Gasteiger partial charge in [-0.05, 0) is 83.7 Å². The first-order chi connectivity index (χ1) is 32.3. The van der Waals surface area contributed by atoms with Crippen molar-refractivity contribution in [1.29, 1.82) is 0 Å². The van der Waals surface area contributed by atoms with Crippen molar-refractivity contribution in [2.75, 3.05) is 9.80 Å². The Labute approximate surface area is 390 Å². The Morgan fingerprint density at radius 2 is 0.776 bits per heavy atom. The second-order valence-electron chi connectivity index (χ2n) is 20.2. The van der Waals surface area contributed by atoms with Crippen LogP contribution in [-0.4, -0.2) is 0 Å². The van der Waals surface area contributed by atoms with Crippen LogP contribution in [0.5, 0.6) is 0 Å². The standard InChI is InChI=1S/C62H52N2O3/c1-37-19-9-13-29-49(37)63(51-31-17-25-44-42-23-15-27-47(61(3,4)5)57(42)66-59(44)51)39-33-34-54-46(35-39)56-41-22-12-11-21-40(41)53(36-55(56)65-54)64(50-30-14-10-20-38(50)2)52-32-18-26-45-43-24-16-28-48(62(6,7)8)58(43)67-60(45)52/h9-36H,1-8H3. The van der Waals surface area contributed by atoms with E-state index in [-0.39, 0.29) is 10.8 Å². The van der Waals surface area contributed by atoms with Gasteiger partial charge in [-0.25, -0.2) is 0 Å². The predicted octanol–water partition coefficient (Wildman–Crippen LogP) is 18.7. The fourth-order valence-electron chi connectivity index (χ4n) is 10.5. The van der Waals surface area contributed by atoms with Crippen LogP contribution in [0.3, 0.4) is 0 Å². The number of hydrogen-bond acceptors (Lipinski definition) is 5. The van der Waals surface area contributed by atoms with Crippen molar-refractivity contribution in [2.45, 2.75) is 66.2 Å². The van der Waals surface area contributed by atoms with Gasteiger partial charge in [0.05, 0.1) is 17.1 Å². The Balaban J connectivity index is 1.10. The van der Waals surface area contributed by atoms with E-state index in [0.29, 0.717) is 0 Å². The van der Waals surface area contributed by atoms with Gasteiger partial charge >= 0.3 is 0 Å². The monoisotopic (exact) mass is 872 g/mol. The molecule has 0 spiro atoms. The first kappa shape index (κ1) is 40.7. The van der Waals surface area contributed by atoms with Crippen LogP contribution in [0.4, 0.5) is 34.1 Å². The number of benzene rings is 9. The second-order valence-corrected chi connectivity index (χ2v) is 20.2. The maximum absolute atomic E-state index is 7.06. The van der Waals surface area contributed by atoms with Gasteiger partial charge in [-0.3, -0.25) is 0 Å². The minimum Gasteiger partial charge on any atom is -0.456 e. The van der Waals surface area contributed by atoms with Crippen LogP contribution in [-0.2, 0) is 10.8 Å². The van der Waals surface area contributed by atoms with Crippen molar-refractivity contribution in [3.63, 3.8) is 0 Å². The normalized spacial score (nSPS) is 12.5. The molecule has 9 aromatic carbocycles. The van der Waals surface area contributed by atoms with Crippen LogP contribution in [0, 0.1) is 13.8 Å². The molecule has 0 atom stereocenters. The van der Waals surface area contributed by atoms with Crippen molar-refractivity contribution in [1.82, 2.24) is 0 Å². The molecular formula is C62H52N2O3. The molecule has 328 valence electrons. The number of anilines is 6. The highest BCUT2D eigenvalue weighted by atomic mass is 16.3. The van der Waals surface area contributed by atoms with Gasteiger partial charge in [0, 0.05) is 72.0 Å². The highest BCUT2D eigenvalue weighted by Crippen LogP contribution is 2.51. The molecule has 0 aliphatic heterocycles. The van der Waals surface area contributed by atoms with Crippen LogP contribution in [0.2, 0.25) is 0 Å². The van der Waals surface area contributed by atoms with Gasteiger partial charge in [0.1, 0.15) is 22.3 Å². The Bertz CT molecular complexity index is 3940. The van der Waals surface area contributed by atoms with E-state index in [1.807, 2.05) is 0 Å². The highest BCUT2D eigenvalue weighted by Gasteiger charge is 2.28. The van der Waals surface area contributed by atoms with E-state index in [2.05, 4.69) is 235 Å². The molecule has 0 saturated heterocycles. The zero-order valence-electron chi connectivity index (χ0n) is 39.3. The molecule has 5 nitrogen and oxygen atoms in total. The molecule has 12 aromatic rings. The molecule has 0 radical (unpaired) electrons. The van der Waals surface area contributed by atoms with Crippen molar-refractivity contribution in [3.8, 4) is 0 Å². The lowest BCUT2D eigenvalue weighted by Gasteiger charge is -2.28. The summed E-state index contributed by atoms with van der Waals surface area (Å²) in [5.74, 6) is 0. The van der Waals surface area contributed by atoms with E-state index in [4.69, 9.17) is 13.3 Å². The summed E-state index contributed by atoms with van der Waals surface area (Å²) in [4.78, 5) is 4.72. The van der Waals surface area contributed by atoms with Gasteiger partial charge in [0.2, 0.25) is 0 Å². The van der Waals surface area contributed by atoms with Crippen molar-refractivity contribution in [3.05, 3.63) is 192 Å². The van der Waals surface area contributed by atoms with Crippen molar-refractivity contribution >= 4 is 111 Å². The van der Waals surface area contributed by atoms with Crippen LogP contribution < -0.4 is 9.80 Å². The Kier molecular flexibility index (Phi) is 9.05. The molecule has 67 heavy (non-hydrogen) atoms. The molecule has 3 aromatic heterocycles. The zero-order valence-corrected chi connectivity index (χ0v) is 39.3. The van der Waals surface area contributed by atoms with Crippen LogP contribution in [0.15, 0.2) is 183 Å². The Morgan fingerprint density at radius 3 is 1.33 bits per heavy atom. The molecule has 0 N–H and O–H groups in total. The minimum atomic E-state index is -0.0977. The number of hydrogen-bond donors (Lipinski definition) is 0. The molecule has 0 bridgehead atoms. The summed E-state index contributed by atoms with van der Waals surface area (Å²) >= 11 is 0. The van der Waals surface area contributed by atoms with Gasteiger partial charge in [-0.15, -0.1) is 0 Å². The SMILES string of the molecule is Cc1ccccc1N(c1ccc2oc3cc(N(c4ccccc4C)c4cccc5c4oc4c(C(C)(C)C)cccc45)c4ccccc4c3c2c1)c1cccc2c1oc1c(C(C)(C)C)cccc12. The highest BCUT2D eigenvalue weighted by molar-refractivity contribution is 6.24. The molecule has 0 unspecified atom stereocenters. The van der Waals surface area contributed by atoms with E-state index < -0.39 is 0 Å². The number of nitrogens with zero attached hydrogens (tertiary/aromatic N) is 2. The average Bonchev–Trinajstić information content (AvgIpc) is 4.02. The van der Waals surface area contributed by atoms with Gasteiger partial charge in [0.25, 0.3) is 0 Å². The average molecular weight is 873 g/mol. The van der Waals surface area contributed by atoms with Crippen LogP contribution in [0.25, 0.3) is 76.6 Å². The molecule has 0 aliphatic rings. The second kappa shape index (κ2) is 14.9. The van der Waals surface area contributed by atoms with Crippen LogP contribution >= 0.6 is 0 Å². The smallest absolute Gasteiger partial charge is 0.159 e.